The van der Waals surface area contributed by atoms with E-state index in [1.165, 1.54) is 20.2 Å². The van der Waals surface area contributed by atoms with Crippen LogP contribution < -0.4 is 5.32 Å². The van der Waals surface area contributed by atoms with Gasteiger partial charge in [0.2, 0.25) is 5.09 Å². The number of sulfonamides is 1. The standard InChI is InChI=1S/C11H20N2O4S2/c1-9(18(4)14)7-12-8-10-5-6-11(17-10)19(15,16)13(2)3/h5-6,9,12H,7-8H2,1-4H3. The van der Waals surface area contributed by atoms with Crippen LogP contribution >= 0.6 is 0 Å². The first-order valence-corrected chi connectivity index (χ1v) is 8.85. The summed E-state index contributed by atoms with van der Waals surface area (Å²) in [4.78, 5) is 0. The summed E-state index contributed by atoms with van der Waals surface area (Å²) in [5.74, 6) is 0.537. The van der Waals surface area contributed by atoms with Crippen LogP contribution in [0.4, 0.5) is 0 Å². The van der Waals surface area contributed by atoms with Crippen LogP contribution in [0.25, 0.3) is 0 Å². The van der Waals surface area contributed by atoms with Crippen molar-refractivity contribution >= 4 is 20.8 Å². The second-order valence-corrected chi connectivity index (χ2v) is 8.33. The zero-order valence-corrected chi connectivity index (χ0v) is 13.2. The highest BCUT2D eigenvalue weighted by Gasteiger charge is 2.21. The van der Waals surface area contributed by atoms with Gasteiger partial charge in [-0.25, -0.2) is 12.7 Å². The monoisotopic (exact) mass is 308 g/mol. The second-order valence-electron chi connectivity index (χ2n) is 4.45. The van der Waals surface area contributed by atoms with Gasteiger partial charge < -0.3 is 9.73 Å². The maximum atomic E-state index is 11.8. The molecule has 0 aliphatic heterocycles. The first kappa shape index (κ1) is 16.4. The molecule has 2 unspecified atom stereocenters. The van der Waals surface area contributed by atoms with E-state index in [2.05, 4.69) is 5.32 Å². The number of nitrogens with one attached hydrogen (secondary N) is 1. The van der Waals surface area contributed by atoms with Crippen LogP contribution in [-0.4, -0.2) is 49.1 Å². The Morgan fingerprint density at radius 2 is 2.05 bits per heavy atom. The van der Waals surface area contributed by atoms with Crippen molar-refractivity contribution in [3.05, 3.63) is 17.9 Å². The van der Waals surface area contributed by atoms with Crippen molar-refractivity contribution in [2.75, 3.05) is 26.9 Å². The SMILES string of the molecule is CC(CNCc1ccc(S(=O)(=O)N(C)C)o1)S(C)=O. The molecule has 0 aliphatic rings. The normalized spacial score (nSPS) is 15.6. The minimum Gasteiger partial charge on any atom is -0.447 e. The predicted octanol–water partition coefficient (Wildman–Crippen LogP) is 0.387. The number of hydrogen-bond acceptors (Lipinski definition) is 5. The van der Waals surface area contributed by atoms with E-state index in [4.69, 9.17) is 4.42 Å². The van der Waals surface area contributed by atoms with Crippen molar-refractivity contribution in [3.8, 4) is 0 Å². The lowest BCUT2D eigenvalue weighted by Gasteiger charge is -2.09. The van der Waals surface area contributed by atoms with E-state index in [0.29, 0.717) is 18.8 Å². The van der Waals surface area contributed by atoms with Crippen LogP contribution in [0.3, 0.4) is 0 Å². The molecule has 0 fully saturated rings. The van der Waals surface area contributed by atoms with Crippen LogP contribution in [-0.2, 0) is 27.4 Å². The molecule has 1 aromatic rings. The van der Waals surface area contributed by atoms with E-state index < -0.39 is 20.8 Å². The van der Waals surface area contributed by atoms with Gasteiger partial charge in [-0.1, -0.05) is 0 Å². The molecule has 0 aromatic carbocycles. The summed E-state index contributed by atoms with van der Waals surface area (Å²) in [5.41, 5.74) is 0. The molecule has 6 nitrogen and oxygen atoms in total. The van der Waals surface area contributed by atoms with Crippen molar-refractivity contribution < 1.29 is 17.0 Å². The fourth-order valence-corrected chi connectivity index (χ4v) is 2.45. The van der Waals surface area contributed by atoms with Gasteiger partial charge >= 0.3 is 0 Å². The molecule has 1 aromatic heterocycles. The van der Waals surface area contributed by atoms with E-state index in [-0.39, 0.29) is 10.3 Å². The summed E-state index contributed by atoms with van der Waals surface area (Å²) < 4.78 is 41.1. The lowest BCUT2D eigenvalue weighted by molar-refractivity contribution is 0.389. The summed E-state index contributed by atoms with van der Waals surface area (Å²) in [7, 11) is -1.49. The van der Waals surface area contributed by atoms with Crippen molar-refractivity contribution in [2.45, 2.75) is 23.8 Å². The van der Waals surface area contributed by atoms with Gasteiger partial charge in [-0.15, -0.1) is 0 Å². The zero-order chi connectivity index (χ0) is 14.6. The van der Waals surface area contributed by atoms with Crippen LogP contribution in [0.5, 0.6) is 0 Å². The molecule has 0 bridgehead atoms. The molecule has 0 spiro atoms. The lowest BCUT2D eigenvalue weighted by Crippen LogP contribution is -2.27. The summed E-state index contributed by atoms with van der Waals surface area (Å²) in [6, 6.07) is 3.06. The Morgan fingerprint density at radius 1 is 1.42 bits per heavy atom. The van der Waals surface area contributed by atoms with E-state index in [1.54, 1.807) is 12.3 Å². The highest BCUT2D eigenvalue weighted by Crippen LogP contribution is 2.16. The molecule has 8 heteroatoms. The second kappa shape index (κ2) is 6.65. The van der Waals surface area contributed by atoms with Gasteiger partial charge in [0.25, 0.3) is 10.0 Å². The number of rotatable bonds is 7. The molecule has 0 saturated heterocycles. The smallest absolute Gasteiger partial charge is 0.275 e. The quantitative estimate of drug-likeness (QED) is 0.788. The molecule has 1 heterocycles. The lowest BCUT2D eigenvalue weighted by atomic mass is 10.4. The highest BCUT2D eigenvalue weighted by atomic mass is 32.2. The van der Waals surface area contributed by atoms with Crippen LogP contribution in [0.15, 0.2) is 21.6 Å². The largest absolute Gasteiger partial charge is 0.447 e. The molecular weight excluding hydrogens is 288 g/mol. The van der Waals surface area contributed by atoms with Gasteiger partial charge in [-0.05, 0) is 19.1 Å². The average molecular weight is 308 g/mol. The summed E-state index contributed by atoms with van der Waals surface area (Å²) in [5, 5.41) is 3.06. The average Bonchev–Trinajstić information content (AvgIpc) is 2.77. The molecule has 110 valence electrons. The molecule has 0 aliphatic carbocycles. The van der Waals surface area contributed by atoms with Gasteiger partial charge in [0.15, 0.2) is 0 Å². The number of furan rings is 1. The van der Waals surface area contributed by atoms with Crippen molar-refractivity contribution in [2.24, 2.45) is 0 Å². The zero-order valence-electron chi connectivity index (χ0n) is 11.5. The van der Waals surface area contributed by atoms with Crippen LogP contribution in [0.2, 0.25) is 0 Å². The Hall–Kier alpha value is -0.700. The van der Waals surface area contributed by atoms with Crippen LogP contribution in [0, 0.1) is 0 Å². The Bertz CT molecular complexity index is 537. The summed E-state index contributed by atoms with van der Waals surface area (Å²) in [6.07, 6.45) is 1.65. The van der Waals surface area contributed by atoms with Crippen LogP contribution in [0.1, 0.15) is 12.7 Å². The maximum Gasteiger partial charge on any atom is 0.275 e. The number of nitrogens with zero attached hydrogens (tertiary/aromatic N) is 1. The maximum absolute atomic E-state index is 11.8. The van der Waals surface area contributed by atoms with E-state index in [9.17, 15) is 12.6 Å². The van der Waals surface area contributed by atoms with Gasteiger partial charge in [-0.2, -0.15) is 0 Å². The molecule has 1 rings (SSSR count). The van der Waals surface area contributed by atoms with E-state index >= 15 is 0 Å². The van der Waals surface area contributed by atoms with Crippen molar-refractivity contribution in [1.82, 2.24) is 9.62 Å². The van der Waals surface area contributed by atoms with E-state index in [1.807, 2.05) is 6.92 Å². The first-order chi connectivity index (χ1) is 8.75. The van der Waals surface area contributed by atoms with Gasteiger partial charge in [0.05, 0.1) is 6.54 Å². The fourth-order valence-electron chi connectivity index (χ4n) is 1.29. The summed E-state index contributed by atoms with van der Waals surface area (Å²) in [6.45, 7) is 2.87. The molecular formula is C11H20N2O4S2. The van der Waals surface area contributed by atoms with Crippen molar-refractivity contribution in [1.29, 1.82) is 0 Å². The minimum atomic E-state index is -3.52. The molecule has 1 N–H and O–H groups in total. The third kappa shape index (κ3) is 4.41. The van der Waals surface area contributed by atoms with Gasteiger partial charge in [0.1, 0.15) is 5.76 Å². The third-order valence-corrected chi connectivity index (χ3v) is 5.66. The molecule has 2 atom stereocenters. The van der Waals surface area contributed by atoms with Gasteiger partial charge in [0, 0.05) is 42.9 Å². The minimum absolute atomic E-state index is 0.0416. The predicted molar refractivity (Wildman–Crippen MR) is 74.8 cm³/mol. The Morgan fingerprint density at radius 3 is 2.58 bits per heavy atom. The van der Waals surface area contributed by atoms with E-state index in [0.717, 1.165) is 4.31 Å². The first-order valence-electron chi connectivity index (χ1n) is 5.79. The molecule has 0 radical (unpaired) electrons. The Kier molecular flexibility index (Phi) is 5.72. The molecule has 0 amide bonds. The Labute approximate surface area is 116 Å². The third-order valence-electron chi connectivity index (χ3n) is 2.67. The highest BCUT2D eigenvalue weighted by molar-refractivity contribution is 7.89. The fraction of sp³-hybridized carbons (Fsp3) is 0.636. The molecule has 0 saturated carbocycles. The topological polar surface area (TPSA) is 79.6 Å². The Balaban J connectivity index is 2.60. The number of hydrogen-bond donors (Lipinski definition) is 1. The summed E-state index contributed by atoms with van der Waals surface area (Å²) >= 11 is 0. The molecule has 19 heavy (non-hydrogen) atoms. The van der Waals surface area contributed by atoms with Gasteiger partial charge in [-0.3, -0.25) is 4.21 Å². The van der Waals surface area contributed by atoms with Crippen molar-refractivity contribution in [3.63, 3.8) is 0 Å².